The summed E-state index contributed by atoms with van der Waals surface area (Å²) in [5.74, 6) is -2.07. The fraction of sp³-hybridized carbons (Fsp3) is 0.391. The highest BCUT2D eigenvalue weighted by Gasteiger charge is 2.25. The number of nitrogens with one attached hydrogen (secondary N) is 2. The van der Waals surface area contributed by atoms with Crippen LogP contribution in [0.2, 0.25) is 0 Å². The van der Waals surface area contributed by atoms with Gasteiger partial charge in [0, 0.05) is 5.25 Å². The van der Waals surface area contributed by atoms with Crippen LogP contribution in [0.5, 0.6) is 0 Å². The zero-order chi connectivity index (χ0) is 23.4. The number of hydrogen-bond donors (Lipinski definition) is 3. The van der Waals surface area contributed by atoms with Crippen molar-refractivity contribution in [2.45, 2.75) is 44.0 Å². The quantitative estimate of drug-likeness (QED) is 0.555. The number of halogens is 2. The fourth-order valence-corrected chi connectivity index (χ4v) is 5.55. The molecule has 2 unspecified atom stereocenters. The first-order chi connectivity index (χ1) is 15.9. The highest BCUT2D eigenvalue weighted by molar-refractivity contribution is 8.03. The molecular formula is C23H26F2N4O2S2. The Morgan fingerprint density at radius 2 is 2.06 bits per heavy atom. The molecule has 3 heterocycles. The molecule has 33 heavy (non-hydrogen) atoms. The number of nitrogen functional groups attached to an aromatic ring is 1. The molecule has 0 radical (unpaired) electrons. The summed E-state index contributed by atoms with van der Waals surface area (Å²) in [4.78, 5) is 17.2. The molecule has 10 heteroatoms. The molecule has 2 aliphatic rings. The highest BCUT2D eigenvalue weighted by Crippen LogP contribution is 2.35. The normalized spacial score (nSPS) is 21.4. The summed E-state index contributed by atoms with van der Waals surface area (Å²) < 4.78 is 34.7. The van der Waals surface area contributed by atoms with Gasteiger partial charge in [0.15, 0.2) is 10.8 Å². The third-order valence-corrected chi connectivity index (χ3v) is 7.40. The summed E-state index contributed by atoms with van der Waals surface area (Å²) in [6.07, 6.45) is 7.57. The van der Waals surface area contributed by atoms with Crippen LogP contribution in [-0.4, -0.2) is 35.3 Å². The predicted octanol–water partition coefficient (Wildman–Crippen LogP) is 4.81. The van der Waals surface area contributed by atoms with Crippen LogP contribution < -0.4 is 16.4 Å². The van der Waals surface area contributed by atoms with Crippen LogP contribution in [0.1, 0.15) is 43.1 Å². The molecular weight excluding hydrogens is 466 g/mol. The van der Waals surface area contributed by atoms with E-state index in [1.807, 2.05) is 12.2 Å². The van der Waals surface area contributed by atoms with Crippen LogP contribution >= 0.6 is 23.1 Å². The number of amides is 1. The molecule has 4 N–H and O–H groups in total. The smallest absolute Gasteiger partial charge is 0.277 e. The number of anilines is 1. The summed E-state index contributed by atoms with van der Waals surface area (Å²) in [6, 6.07) is 3.55. The standard InChI is InChI=1S/C23H26F2N4O2S2/c1-13-5-2-9-17(23(32-13)31-14-6-4-11-27-12-10-14)28-21(30)19-20(26)33-22(29-19)18-15(24)7-3-8-16(18)25/h2-3,7-9,13-14,27H,4-6,10-12,26H2,1H3,(H,28,30). The van der Waals surface area contributed by atoms with Gasteiger partial charge in [0.05, 0.1) is 11.3 Å². The van der Waals surface area contributed by atoms with Gasteiger partial charge < -0.3 is 21.1 Å². The lowest BCUT2D eigenvalue weighted by atomic mass is 10.2. The molecule has 1 amide bonds. The van der Waals surface area contributed by atoms with Crippen LogP contribution in [-0.2, 0) is 4.74 Å². The van der Waals surface area contributed by atoms with E-state index in [-0.39, 0.29) is 32.6 Å². The van der Waals surface area contributed by atoms with E-state index in [4.69, 9.17) is 10.5 Å². The van der Waals surface area contributed by atoms with Crippen molar-refractivity contribution in [2.24, 2.45) is 0 Å². The minimum absolute atomic E-state index is 0.0177. The monoisotopic (exact) mass is 492 g/mol. The van der Waals surface area contributed by atoms with Gasteiger partial charge in [-0.25, -0.2) is 13.8 Å². The number of carbonyl (C=O) groups is 1. The predicted molar refractivity (Wildman–Crippen MR) is 129 cm³/mol. The van der Waals surface area contributed by atoms with E-state index in [2.05, 4.69) is 22.5 Å². The van der Waals surface area contributed by atoms with Gasteiger partial charge in [0.25, 0.3) is 5.91 Å². The first-order valence-corrected chi connectivity index (χ1v) is 12.6. The average Bonchev–Trinajstić information content (AvgIpc) is 2.91. The van der Waals surface area contributed by atoms with Gasteiger partial charge in [-0.2, -0.15) is 0 Å². The van der Waals surface area contributed by atoms with Crippen LogP contribution in [0.3, 0.4) is 0 Å². The highest BCUT2D eigenvalue weighted by atomic mass is 32.2. The second-order valence-electron chi connectivity index (χ2n) is 7.97. The van der Waals surface area contributed by atoms with Crippen molar-refractivity contribution in [3.8, 4) is 10.6 Å². The van der Waals surface area contributed by atoms with Crippen molar-refractivity contribution in [2.75, 3.05) is 18.8 Å². The number of hydrogen-bond acceptors (Lipinski definition) is 7. The first-order valence-electron chi connectivity index (χ1n) is 10.9. The minimum Gasteiger partial charge on any atom is -0.482 e. The molecule has 0 bridgehead atoms. The molecule has 1 aromatic carbocycles. The molecule has 176 valence electrons. The van der Waals surface area contributed by atoms with E-state index in [0.29, 0.717) is 10.8 Å². The Morgan fingerprint density at radius 3 is 2.85 bits per heavy atom. The van der Waals surface area contributed by atoms with Gasteiger partial charge in [0.1, 0.15) is 27.7 Å². The van der Waals surface area contributed by atoms with Crippen molar-refractivity contribution in [3.05, 3.63) is 58.5 Å². The van der Waals surface area contributed by atoms with E-state index >= 15 is 0 Å². The number of nitrogens with zero attached hydrogens (tertiary/aromatic N) is 1. The number of thioether (sulfide) groups is 1. The van der Waals surface area contributed by atoms with Crippen molar-refractivity contribution in [1.29, 1.82) is 0 Å². The fourth-order valence-electron chi connectivity index (χ4n) is 3.67. The Morgan fingerprint density at radius 1 is 1.27 bits per heavy atom. The van der Waals surface area contributed by atoms with Crippen molar-refractivity contribution in [1.82, 2.24) is 15.6 Å². The number of allylic oxidation sites excluding steroid dienone is 2. The van der Waals surface area contributed by atoms with E-state index in [1.165, 1.54) is 6.07 Å². The van der Waals surface area contributed by atoms with E-state index in [0.717, 1.165) is 62.2 Å². The molecule has 2 aliphatic heterocycles. The second kappa shape index (κ2) is 10.7. The molecule has 4 rings (SSSR count). The van der Waals surface area contributed by atoms with Gasteiger partial charge in [-0.05, 0) is 57.0 Å². The Labute approximate surface area is 199 Å². The zero-order valence-corrected chi connectivity index (χ0v) is 19.8. The average molecular weight is 493 g/mol. The molecule has 2 aromatic rings. The maximum atomic E-state index is 14.2. The number of carbonyl (C=O) groups excluding carboxylic acids is 1. The summed E-state index contributed by atoms with van der Waals surface area (Å²) in [5.41, 5.74) is 6.19. The van der Waals surface area contributed by atoms with Crippen LogP contribution in [0.25, 0.3) is 10.6 Å². The lowest BCUT2D eigenvalue weighted by Crippen LogP contribution is -2.25. The van der Waals surface area contributed by atoms with Gasteiger partial charge in [-0.15, -0.1) is 0 Å². The van der Waals surface area contributed by atoms with Gasteiger partial charge in [0.2, 0.25) is 0 Å². The molecule has 1 aromatic heterocycles. The number of nitrogens with two attached hydrogens (primary N) is 1. The van der Waals surface area contributed by atoms with Gasteiger partial charge >= 0.3 is 0 Å². The van der Waals surface area contributed by atoms with Gasteiger partial charge in [-0.1, -0.05) is 42.2 Å². The van der Waals surface area contributed by atoms with E-state index < -0.39 is 17.5 Å². The zero-order valence-electron chi connectivity index (χ0n) is 18.2. The second-order valence-corrected chi connectivity index (χ2v) is 10.4. The molecule has 0 aliphatic carbocycles. The van der Waals surface area contributed by atoms with E-state index in [1.54, 1.807) is 11.8 Å². The molecule has 6 nitrogen and oxygen atoms in total. The largest absolute Gasteiger partial charge is 0.482 e. The molecule has 1 fully saturated rings. The van der Waals surface area contributed by atoms with Gasteiger partial charge in [-0.3, -0.25) is 4.79 Å². The summed E-state index contributed by atoms with van der Waals surface area (Å²) in [7, 11) is 0. The van der Waals surface area contributed by atoms with E-state index in [9.17, 15) is 13.6 Å². The Hall–Kier alpha value is -2.43. The maximum absolute atomic E-state index is 14.2. The minimum atomic E-state index is -0.760. The third-order valence-electron chi connectivity index (χ3n) is 5.37. The van der Waals surface area contributed by atoms with Crippen molar-refractivity contribution >= 4 is 34.0 Å². The summed E-state index contributed by atoms with van der Waals surface area (Å²) in [5, 5.41) is 7.27. The lowest BCUT2D eigenvalue weighted by molar-refractivity contribution is 0.0951. The van der Waals surface area contributed by atoms with Crippen molar-refractivity contribution in [3.63, 3.8) is 0 Å². The number of thiazole rings is 1. The topological polar surface area (TPSA) is 89.3 Å². The maximum Gasteiger partial charge on any atom is 0.277 e. The number of aromatic nitrogens is 1. The Kier molecular flexibility index (Phi) is 7.67. The summed E-state index contributed by atoms with van der Waals surface area (Å²) in [6.45, 7) is 3.96. The Bertz CT molecular complexity index is 1060. The number of benzene rings is 1. The summed E-state index contributed by atoms with van der Waals surface area (Å²) >= 11 is 2.45. The third kappa shape index (κ3) is 5.74. The first kappa shape index (κ1) is 23.7. The number of ether oxygens (including phenoxy) is 1. The molecule has 1 saturated heterocycles. The Balaban J connectivity index is 1.59. The van der Waals surface area contributed by atoms with Crippen LogP contribution in [0, 0.1) is 11.6 Å². The van der Waals surface area contributed by atoms with Crippen molar-refractivity contribution < 1.29 is 18.3 Å². The number of rotatable bonds is 5. The van der Waals surface area contributed by atoms with Crippen LogP contribution in [0.4, 0.5) is 13.8 Å². The lowest BCUT2D eigenvalue weighted by Gasteiger charge is -2.21. The van der Waals surface area contributed by atoms with Crippen LogP contribution in [0.15, 0.2) is 41.1 Å². The molecule has 0 saturated carbocycles. The molecule has 0 spiro atoms. The molecule has 2 atom stereocenters. The SMILES string of the molecule is CC1CC=CC(NC(=O)c2nc(-c3c(F)cccc3F)sc2N)=C(OC2CCCNCC2)S1.